The zero-order valence-corrected chi connectivity index (χ0v) is 10.6. The van der Waals surface area contributed by atoms with Crippen LogP contribution in [0.5, 0.6) is 11.5 Å². The number of rotatable bonds is 3. The van der Waals surface area contributed by atoms with Crippen molar-refractivity contribution in [2.24, 2.45) is 4.36 Å². The maximum absolute atomic E-state index is 10.6. The first kappa shape index (κ1) is 12.6. The van der Waals surface area contributed by atoms with E-state index in [9.17, 15) is 8.42 Å². The molecule has 0 fully saturated rings. The molecule has 0 aliphatic heterocycles. The number of hydrogen-bond donors (Lipinski definition) is 0. The Labute approximate surface area is 110 Å². The standard InChI is InChI=1S/C12H8ClNO3S/c13-9-5-1-3-7-11(9)17-12-8-4-2-6-10(12)14-18(15)16/h1-8H. The van der Waals surface area contributed by atoms with E-state index >= 15 is 0 Å². The van der Waals surface area contributed by atoms with Gasteiger partial charge in [-0.1, -0.05) is 35.9 Å². The zero-order valence-electron chi connectivity index (χ0n) is 9.08. The van der Waals surface area contributed by atoms with E-state index in [0.717, 1.165) is 0 Å². The van der Waals surface area contributed by atoms with Gasteiger partial charge in [0, 0.05) is 0 Å². The lowest BCUT2D eigenvalue weighted by molar-refractivity contribution is 0.484. The molecule has 0 unspecified atom stereocenters. The van der Waals surface area contributed by atoms with Crippen LogP contribution in [0.25, 0.3) is 0 Å². The molecule has 0 saturated heterocycles. The van der Waals surface area contributed by atoms with Crippen LogP contribution in [0.4, 0.5) is 5.69 Å². The van der Waals surface area contributed by atoms with Gasteiger partial charge >= 0.3 is 10.5 Å². The summed E-state index contributed by atoms with van der Waals surface area (Å²) in [4.78, 5) is 0. The molecule has 4 nitrogen and oxygen atoms in total. The predicted molar refractivity (Wildman–Crippen MR) is 69.0 cm³/mol. The van der Waals surface area contributed by atoms with Crippen LogP contribution in [0.2, 0.25) is 5.02 Å². The topological polar surface area (TPSA) is 55.7 Å². The highest BCUT2D eigenvalue weighted by Gasteiger charge is 2.06. The van der Waals surface area contributed by atoms with Gasteiger partial charge < -0.3 is 4.74 Å². The molecule has 0 bridgehead atoms. The van der Waals surface area contributed by atoms with Crippen LogP contribution in [0, 0.1) is 0 Å². The average Bonchev–Trinajstić information content (AvgIpc) is 2.34. The van der Waals surface area contributed by atoms with Crippen LogP contribution in [0.3, 0.4) is 0 Å². The minimum Gasteiger partial charge on any atom is -0.453 e. The summed E-state index contributed by atoms with van der Waals surface area (Å²) < 4.78 is 30.2. The lowest BCUT2D eigenvalue weighted by Gasteiger charge is -2.08. The minimum atomic E-state index is -2.53. The second-order valence-electron chi connectivity index (χ2n) is 3.31. The first-order valence-corrected chi connectivity index (χ1v) is 6.40. The second kappa shape index (κ2) is 5.66. The summed E-state index contributed by atoms with van der Waals surface area (Å²) >= 11 is 5.95. The summed E-state index contributed by atoms with van der Waals surface area (Å²) in [6.45, 7) is 0. The fourth-order valence-corrected chi connectivity index (χ4v) is 1.83. The van der Waals surface area contributed by atoms with Crippen LogP contribution in [-0.4, -0.2) is 8.42 Å². The Balaban J connectivity index is 2.41. The Kier molecular flexibility index (Phi) is 3.96. The molecule has 2 rings (SSSR count). The third-order valence-corrected chi connectivity index (χ3v) is 2.75. The molecular formula is C12H8ClNO3S. The van der Waals surface area contributed by atoms with E-state index in [1.54, 1.807) is 48.5 Å². The average molecular weight is 282 g/mol. The van der Waals surface area contributed by atoms with Gasteiger partial charge in [-0.3, -0.25) is 0 Å². The molecule has 0 saturated carbocycles. The Bertz CT molecular complexity index is 690. The number of halogens is 1. The van der Waals surface area contributed by atoms with Gasteiger partial charge in [0.1, 0.15) is 11.4 Å². The van der Waals surface area contributed by atoms with Crippen molar-refractivity contribution in [3.8, 4) is 11.5 Å². The van der Waals surface area contributed by atoms with E-state index in [2.05, 4.69) is 4.36 Å². The van der Waals surface area contributed by atoms with Crippen LogP contribution in [-0.2, 0) is 10.5 Å². The Morgan fingerprint density at radius 2 is 1.56 bits per heavy atom. The monoisotopic (exact) mass is 281 g/mol. The van der Waals surface area contributed by atoms with Gasteiger partial charge in [0.25, 0.3) is 0 Å². The van der Waals surface area contributed by atoms with Crippen LogP contribution < -0.4 is 4.74 Å². The smallest absolute Gasteiger partial charge is 0.316 e. The van der Waals surface area contributed by atoms with Gasteiger partial charge in [0.05, 0.1) is 5.02 Å². The fraction of sp³-hybridized carbons (Fsp3) is 0. The van der Waals surface area contributed by atoms with E-state index < -0.39 is 10.5 Å². The van der Waals surface area contributed by atoms with Crippen molar-refractivity contribution in [2.75, 3.05) is 0 Å². The van der Waals surface area contributed by atoms with Gasteiger partial charge in [-0.15, -0.1) is 4.36 Å². The highest BCUT2D eigenvalue weighted by atomic mass is 35.5. The summed E-state index contributed by atoms with van der Waals surface area (Å²) in [6, 6.07) is 13.5. The SMILES string of the molecule is O=S(=O)=Nc1ccccc1Oc1ccccc1Cl. The minimum absolute atomic E-state index is 0.228. The maximum Gasteiger partial charge on any atom is 0.316 e. The van der Waals surface area contributed by atoms with Crippen LogP contribution in [0.15, 0.2) is 52.9 Å². The lowest BCUT2D eigenvalue weighted by Crippen LogP contribution is -1.85. The molecule has 0 atom stereocenters. The van der Waals surface area contributed by atoms with Gasteiger partial charge in [-0.05, 0) is 24.3 Å². The zero-order chi connectivity index (χ0) is 13.0. The number of benzene rings is 2. The van der Waals surface area contributed by atoms with Crippen molar-refractivity contribution in [2.45, 2.75) is 0 Å². The van der Waals surface area contributed by atoms with Gasteiger partial charge in [-0.2, -0.15) is 8.42 Å². The van der Waals surface area contributed by atoms with Crippen molar-refractivity contribution in [1.82, 2.24) is 0 Å². The van der Waals surface area contributed by atoms with Gasteiger partial charge in [0.2, 0.25) is 0 Å². The molecule has 0 heterocycles. The Morgan fingerprint density at radius 3 is 2.22 bits per heavy atom. The molecule has 6 heteroatoms. The highest BCUT2D eigenvalue weighted by Crippen LogP contribution is 2.34. The first-order valence-electron chi connectivity index (χ1n) is 4.99. The largest absolute Gasteiger partial charge is 0.453 e. The molecule has 18 heavy (non-hydrogen) atoms. The number of ether oxygens (including phenoxy) is 1. The molecule has 0 amide bonds. The van der Waals surface area contributed by atoms with Crippen molar-refractivity contribution < 1.29 is 13.2 Å². The predicted octanol–water partition coefficient (Wildman–Crippen LogP) is 3.83. The lowest BCUT2D eigenvalue weighted by atomic mass is 10.3. The summed E-state index contributed by atoms with van der Waals surface area (Å²) in [6.07, 6.45) is 0. The normalized spacial score (nSPS) is 9.83. The van der Waals surface area contributed by atoms with E-state index in [4.69, 9.17) is 16.3 Å². The Morgan fingerprint density at radius 1 is 0.944 bits per heavy atom. The van der Waals surface area contributed by atoms with Crippen molar-refractivity contribution in [3.63, 3.8) is 0 Å². The van der Waals surface area contributed by atoms with Crippen LogP contribution in [0.1, 0.15) is 0 Å². The van der Waals surface area contributed by atoms with Gasteiger partial charge in [-0.25, -0.2) is 0 Å². The van der Waals surface area contributed by atoms with Crippen molar-refractivity contribution in [3.05, 3.63) is 53.6 Å². The summed E-state index contributed by atoms with van der Waals surface area (Å²) in [5.74, 6) is 0.772. The van der Waals surface area contributed by atoms with E-state index in [1.165, 1.54) is 0 Å². The molecule has 0 N–H and O–H groups in total. The van der Waals surface area contributed by atoms with Crippen molar-refractivity contribution in [1.29, 1.82) is 0 Å². The van der Waals surface area contributed by atoms with E-state index in [-0.39, 0.29) is 5.69 Å². The summed E-state index contributed by atoms with van der Waals surface area (Å²) in [5, 5.41) is 0.440. The molecule has 0 aliphatic carbocycles. The van der Waals surface area contributed by atoms with Crippen LogP contribution >= 0.6 is 11.6 Å². The number of para-hydroxylation sites is 2. The number of hydrogen-bond acceptors (Lipinski definition) is 4. The van der Waals surface area contributed by atoms with Gasteiger partial charge in [0.15, 0.2) is 5.75 Å². The molecule has 2 aromatic rings. The maximum atomic E-state index is 10.6. The molecule has 0 aliphatic rings. The molecule has 2 aromatic carbocycles. The number of nitrogens with zero attached hydrogens (tertiary/aromatic N) is 1. The van der Waals surface area contributed by atoms with E-state index in [1.807, 2.05) is 0 Å². The molecule has 0 aromatic heterocycles. The molecule has 0 radical (unpaired) electrons. The second-order valence-corrected chi connectivity index (χ2v) is 4.33. The third kappa shape index (κ3) is 3.09. The third-order valence-electron chi connectivity index (χ3n) is 2.09. The quantitative estimate of drug-likeness (QED) is 0.859. The highest BCUT2D eigenvalue weighted by molar-refractivity contribution is 7.61. The summed E-state index contributed by atoms with van der Waals surface area (Å²) in [7, 11) is -2.53. The van der Waals surface area contributed by atoms with E-state index in [0.29, 0.717) is 16.5 Å². The fourth-order valence-electron chi connectivity index (χ4n) is 1.35. The molecular weight excluding hydrogens is 274 g/mol. The first-order chi connectivity index (χ1) is 8.66. The molecule has 92 valence electrons. The van der Waals surface area contributed by atoms with Crippen molar-refractivity contribution >= 4 is 27.8 Å². The Hall–Kier alpha value is -1.85. The summed E-state index contributed by atoms with van der Waals surface area (Å²) in [5.41, 5.74) is 0.228. The molecule has 0 spiro atoms.